The van der Waals surface area contributed by atoms with Gasteiger partial charge in [0, 0.05) is 18.8 Å². The van der Waals surface area contributed by atoms with Crippen LogP contribution in [0.15, 0.2) is 23.5 Å². The van der Waals surface area contributed by atoms with E-state index in [2.05, 4.69) is 26.0 Å². The number of ether oxygens (including phenoxy) is 2. The van der Waals surface area contributed by atoms with Gasteiger partial charge in [-0.15, -0.1) is 0 Å². The summed E-state index contributed by atoms with van der Waals surface area (Å²) in [6, 6.07) is 0. The Hall–Kier alpha value is -1.58. The van der Waals surface area contributed by atoms with E-state index >= 15 is 0 Å². The van der Waals surface area contributed by atoms with Crippen molar-refractivity contribution in [3.8, 4) is 0 Å². The molecule has 2 saturated carbocycles. The normalized spacial score (nSPS) is 43.3. The molecule has 0 radical (unpaired) electrons. The molecule has 6 atom stereocenters. The molecule has 29 heavy (non-hydrogen) atoms. The highest BCUT2D eigenvalue weighted by atomic mass is 16.6. The number of carbonyl (C=O) groups excluding carboxylic acids is 2. The number of fused-ring (bicyclic) bond motifs is 5. The summed E-state index contributed by atoms with van der Waals surface area (Å²) in [7, 11) is 0. The van der Waals surface area contributed by atoms with E-state index in [4.69, 9.17) is 9.47 Å². The zero-order valence-electron chi connectivity index (χ0n) is 18.7. The van der Waals surface area contributed by atoms with Crippen LogP contribution in [-0.2, 0) is 19.1 Å². The van der Waals surface area contributed by atoms with Gasteiger partial charge >= 0.3 is 5.97 Å². The van der Waals surface area contributed by atoms with Crippen molar-refractivity contribution >= 4 is 11.8 Å². The maximum atomic E-state index is 12.8. The summed E-state index contributed by atoms with van der Waals surface area (Å²) >= 11 is 0. The number of hydrogen-bond acceptors (Lipinski definition) is 4. The Labute approximate surface area is 175 Å². The summed E-state index contributed by atoms with van der Waals surface area (Å²) in [5.74, 6) is 2.43. The van der Waals surface area contributed by atoms with E-state index in [1.54, 1.807) is 6.92 Å². The number of carbonyl (C=O) groups is 2. The Bertz CT molecular complexity index is 780. The average Bonchev–Trinajstić information content (AvgIpc) is 2.95. The second-order valence-electron chi connectivity index (χ2n) is 10.2. The third-order valence-electron chi connectivity index (χ3n) is 9.07. The van der Waals surface area contributed by atoms with Crippen LogP contribution in [0.3, 0.4) is 0 Å². The molecule has 0 bridgehead atoms. The van der Waals surface area contributed by atoms with Gasteiger partial charge in [0.15, 0.2) is 11.4 Å². The van der Waals surface area contributed by atoms with Crippen molar-refractivity contribution in [3.63, 3.8) is 0 Å². The van der Waals surface area contributed by atoms with Crippen LogP contribution in [0.2, 0.25) is 0 Å². The summed E-state index contributed by atoms with van der Waals surface area (Å²) in [6.45, 7) is 10.5. The fraction of sp³-hybridized carbons (Fsp3) is 0.760. The topological polar surface area (TPSA) is 52.6 Å². The first-order valence-corrected chi connectivity index (χ1v) is 11.4. The van der Waals surface area contributed by atoms with Crippen LogP contribution in [0.4, 0.5) is 0 Å². The van der Waals surface area contributed by atoms with E-state index in [0.29, 0.717) is 24.2 Å². The Morgan fingerprint density at radius 1 is 1.10 bits per heavy atom. The predicted octanol–water partition coefficient (Wildman–Crippen LogP) is 5.37. The molecule has 0 saturated heterocycles. The number of hydrogen-bond donors (Lipinski definition) is 0. The standard InChI is InChI=1S/C25H36O4/c1-6-28-19-9-12-23(4)18(15-19)7-8-20-21(23)10-13-24(5)22(20)11-14-25(24,16(2)26)29-17(3)27/h7,15,20-22H,6,8-14H2,1-5H3/t20-,21+,22-,23-,24-,25+/m1/s1. The van der Waals surface area contributed by atoms with Crippen molar-refractivity contribution < 1.29 is 19.1 Å². The zero-order valence-corrected chi connectivity index (χ0v) is 18.7. The van der Waals surface area contributed by atoms with E-state index in [0.717, 1.165) is 50.9 Å². The lowest BCUT2D eigenvalue weighted by atomic mass is 9.47. The summed E-state index contributed by atoms with van der Waals surface area (Å²) in [5.41, 5.74) is 0.448. The molecule has 0 aliphatic heterocycles. The first-order chi connectivity index (χ1) is 13.7. The molecule has 0 aromatic heterocycles. The molecule has 4 heteroatoms. The van der Waals surface area contributed by atoms with E-state index < -0.39 is 5.60 Å². The molecule has 0 amide bonds. The Morgan fingerprint density at radius 2 is 1.83 bits per heavy atom. The molecular weight excluding hydrogens is 364 g/mol. The van der Waals surface area contributed by atoms with Crippen molar-refractivity contribution in [3.05, 3.63) is 23.5 Å². The monoisotopic (exact) mass is 400 g/mol. The molecule has 2 fully saturated rings. The van der Waals surface area contributed by atoms with E-state index in [1.807, 2.05) is 6.92 Å². The average molecular weight is 401 g/mol. The van der Waals surface area contributed by atoms with Crippen LogP contribution in [0.25, 0.3) is 0 Å². The molecule has 0 spiro atoms. The first-order valence-electron chi connectivity index (χ1n) is 11.4. The van der Waals surface area contributed by atoms with Crippen molar-refractivity contribution in [2.75, 3.05) is 6.61 Å². The maximum Gasteiger partial charge on any atom is 0.303 e. The van der Waals surface area contributed by atoms with Crippen LogP contribution in [0, 0.1) is 28.6 Å². The van der Waals surface area contributed by atoms with E-state index in [1.165, 1.54) is 12.5 Å². The van der Waals surface area contributed by atoms with Gasteiger partial charge in [0.05, 0.1) is 12.4 Å². The number of ketones is 1. The highest BCUT2D eigenvalue weighted by Crippen LogP contribution is 2.67. The Morgan fingerprint density at radius 3 is 2.48 bits per heavy atom. The quantitative estimate of drug-likeness (QED) is 0.595. The number of esters is 1. The van der Waals surface area contributed by atoms with Crippen molar-refractivity contribution in [1.82, 2.24) is 0 Å². The largest absolute Gasteiger partial charge is 0.498 e. The Kier molecular flexibility index (Phi) is 4.99. The molecular formula is C25H36O4. The van der Waals surface area contributed by atoms with Crippen molar-refractivity contribution in [2.45, 2.75) is 85.2 Å². The van der Waals surface area contributed by atoms with E-state index in [-0.39, 0.29) is 22.6 Å². The van der Waals surface area contributed by atoms with Crippen molar-refractivity contribution in [1.29, 1.82) is 0 Å². The fourth-order valence-corrected chi connectivity index (χ4v) is 7.66. The summed E-state index contributed by atoms with van der Waals surface area (Å²) in [5, 5.41) is 0. The molecule has 0 N–H and O–H groups in total. The van der Waals surface area contributed by atoms with Gasteiger partial charge in [0.25, 0.3) is 0 Å². The van der Waals surface area contributed by atoms with Crippen molar-refractivity contribution in [2.24, 2.45) is 28.6 Å². The maximum absolute atomic E-state index is 12.8. The van der Waals surface area contributed by atoms with Gasteiger partial charge < -0.3 is 9.47 Å². The van der Waals surface area contributed by atoms with Gasteiger partial charge in [-0.05, 0) is 87.2 Å². The SMILES string of the molecule is CCOC1=CC2=CC[C@H]3[C@H]4CC[C@](OC(C)=O)(C(C)=O)[C@]4(C)CC[C@@H]3[C@]2(C)CC1. The second-order valence-corrected chi connectivity index (χ2v) is 10.2. The third kappa shape index (κ3) is 2.84. The Balaban J connectivity index is 1.68. The molecule has 160 valence electrons. The van der Waals surface area contributed by atoms with Gasteiger partial charge in [-0.25, -0.2) is 0 Å². The highest BCUT2D eigenvalue weighted by Gasteiger charge is 2.67. The highest BCUT2D eigenvalue weighted by molar-refractivity contribution is 5.89. The molecule has 0 aromatic rings. The lowest BCUT2D eigenvalue weighted by Crippen LogP contribution is -2.58. The molecule has 0 heterocycles. The molecule has 0 aromatic carbocycles. The summed E-state index contributed by atoms with van der Waals surface area (Å²) in [6.07, 6.45) is 11.6. The minimum absolute atomic E-state index is 0.0244. The molecule has 4 aliphatic rings. The van der Waals surface area contributed by atoms with Gasteiger partial charge in [-0.3, -0.25) is 9.59 Å². The lowest BCUT2D eigenvalue weighted by Gasteiger charge is -2.58. The van der Waals surface area contributed by atoms with Gasteiger partial charge in [-0.2, -0.15) is 0 Å². The van der Waals surface area contributed by atoms with Gasteiger partial charge in [0.1, 0.15) is 0 Å². The predicted molar refractivity (Wildman–Crippen MR) is 112 cm³/mol. The number of allylic oxidation sites excluding steroid dienone is 4. The van der Waals surface area contributed by atoms with E-state index in [9.17, 15) is 9.59 Å². The molecule has 0 unspecified atom stereocenters. The molecule has 4 aliphatic carbocycles. The lowest BCUT2D eigenvalue weighted by molar-refractivity contribution is -0.186. The van der Waals surface area contributed by atoms with Gasteiger partial charge in [0.2, 0.25) is 0 Å². The number of rotatable bonds is 4. The van der Waals surface area contributed by atoms with Crippen LogP contribution < -0.4 is 0 Å². The van der Waals surface area contributed by atoms with Gasteiger partial charge in [-0.1, -0.05) is 19.9 Å². The second kappa shape index (κ2) is 6.99. The minimum atomic E-state index is -0.937. The van der Waals surface area contributed by atoms with Crippen LogP contribution in [0.1, 0.15) is 79.6 Å². The summed E-state index contributed by atoms with van der Waals surface area (Å²) < 4.78 is 11.7. The van der Waals surface area contributed by atoms with Crippen LogP contribution in [-0.4, -0.2) is 24.0 Å². The smallest absolute Gasteiger partial charge is 0.303 e. The fourth-order valence-electron chi connectivity index (χ4n) is 7.66. The zero-order chi connectivity index (χ0) is 21.0. The molecule has 4 rings (SSSR count). The third-order valence-corrected chi connectivity index (χ3v) is 9.07. The number of Topliss-reactive ketones (excluding diaryl/α,β-unsaturated/α-hetero) is 1. The first kappa shape index (κ1) is 20.7. The minimum Gasteiger partial charge on any atom is -0.498 e. The van der Waals surface area contributed by atoms with Crippen LogP contribution >= 0.6 is 0 Å². The summed E-state index contributed by atoms with van der Waals surface area (Å²) in [4.78, 5) is 24.7. The van der Waals surface area contributed by atoms with Crippen LogP contribution in [0.5, 0.6) is 0 Å². The molecule has 4 nitrogen and oxygen atoms in total.